The topological polar surface area (TPSA) is 37.3 Å². The molecule has 0 unspecified atom stereocenters. The van der Waals surface area contributed by atoms with Crippen LogP contribution in [0.25, 0.3) is 15.5 Å². The van der Waals surface area contributed by atoms with Crippen molar-refractivity contribution in [1.29, 1.82) is 0 Å². The lowest BCUT2D eigenvalue weighted by molar-refractivity contribution is -0.131. The quantitative estimate of drug-likeness (QED) is 0.773. The molecule has 13 heavy (non-hydrogen) atoms. The SMILES string of the molecule is O=C(O)/C=C/c1csc2ccsc12. The molecule has 0 saturated carbocycles. The van der Waals surface area contributed by atoms with Crippen LogP contribution in [0.3, 0.4) is 0 Å². The number of hydrogen-bond acceptors (Lipinski definition) is 3. The van der Waals surface area contributed by atoms with Gasteiger partial charge < -0.3 is 5.11 Å². The number of thiophene rings is 2. The molecule has 0 bridgehead atoms. The van der Waals surface area contributed by atoms with Crippen LogP contribution in [0.1, 0.15) is 5.56 Å². The van der Waals surface area contributed by atoms with Crippen LogP contribution in [0.4, 0.5) is 0 Å². The van der Waals surface area contributed by atoms with Crippen molar-refractivity contribution < 1.29 is 9.90 Å². The largest absolute Gasteiger partial charge is 0.478 e. The molecular weight excluding hydrogens is 204 g/mol. The summed E-state index contributed by atoms with van der Waals surface area (Å²) in [6.45, 7) is 0. The fraction of sp³-hybridized carbons (Fsp3) is 0. The highest BCUT2D eigenvalue weighted by Gasteiger charge is 2.01. The van der Waals surface area contributed by atoms with E-state index in [9.17, 15) is 4.79 Å². The zero-order valence-corrected chi connectivity index (χ0v) is 8.19. The van der Waals surface area contributed by atoms with E-state index in [-0.39, 0.29) is 0 Å². The average molecular weight is 210 g/mol. The van der Waals surface area contributed by atoms with Gasteiger partial charge in [-0.05, 0) is 17.5 Å². The number of aliphatic carboxylic acids is 1. The van der Waals surface area contributed by atoms with Crippen LogP contribution in [-0.2, 0) is 4.79 Å². The first-order valence-corrected chi connectivity index (χ1v) is 5.39. The fourth-order valence-corrected chi connectivity index (χ4v) is 3.12. The Morgan fingerprint density at radius 3 is 3.08 bits per heavy atom. The van der Waals surface area contributed by atoms with E-state index in [0.717, 1.165) is 5.56 Å². The van der Waals surface area contributed by atoms with Gasteiger partial charge in [0.05, 0.1) is 4.70 Å². The second-order valence-electron chi connectivity index (χ2n) is 2.48. The summed E-state index contributed by atoms with van der Waals surface area (Å²) in [5.41, 5.74) is 0.998. The molecule has 0 radical (unpaired) electrons. The first-order chi connectivity index (χ1) is 6.27. The zero-order valence-electron chi connectivity index (χ0n) is 6.56. The van der Waals surface area contributed by atoms with Gasteiger partial charge in [0, 0.05) is 21.7 Å². The molecule has 0 aliphatic heterocycles. The summed E-state index contributed by atoms with van der Waals surface area (Å²) < 4.78 is 2.39. The standard InChI is InChI=1S/C9H6O2S2/c10-8(11)2-1-6-5-13-7-3-4-12-9(6)7/h1-5H,(H,10,11)/b2-1+. The molecule has 0 aromatic carbocycles. The third-order valence-electron chi connectivity index (χ3n) is 1.61. The highest BCUT2D eigenvalue weighted by atomic mass is 32.1. The van der Waals surface area contributed by atoms with Crippen LogP contribution >= 0.6 is 22.7 Å². The monoisotopic (exact) mass is 210 g/mol. The lowest BCUT2D eigenvalue weighted by atomic mass is 10.3. The summed E-state index contributed by atoms with van der Waals surface area (Å²) in [4.78, 5) is 10.3. The van der Waals surface area contributed by atoms with E-state index in [4.69, 9.17) is 5.11 Å². The van der Waals surface area contributed by atoms with E-state index in [1.54, 1.807) is 28.7 Å². The molecule has 0 aliphatic rings. The maximum Gasteiger partial charge on any atom is 0.328 e. The maximum absolute atomic E-state index is 10.3. The Morgan fingerprint density at radius 2 is 2.31 bits per heavy atom. The molecule has 0 aliphatic carbocycles. The van der Waals surface area contributed by atoms with Crippen LogP contribution in [0.2, 0.25) is 0 Å². The van der Waals surface area contributed by atoms with E-state index in [1.165, 1.54) is 15.5 Å². The van der Waals surface area contributed by atoms with E-state index in [1.807, 2.05) is 16.8 Å². The number of hydrogen-bond donors (Lipinski definition) is 1. The molecule has 0 amide bonds. The van der Waals surface area contributed by atoms with Crippen molar-refractivity contribution in [3.63, 3.8) is 0 Å². The first-order valence-electron chi connectivity index (χ1n) is 3.63. The molecule has 66 valence electrons. The average Bonchev–Trinajstić information content (AvgIpc) is 2.60. The number of rotatable bonds is 2. The van der Waals surface area contributed by atoms with Gasteiger partial charge in [-0.1, -0.05) is 0 Å². The summed E-state index contributed by atoms with van der Waals surface area (Å²) >= 11 is 3.28. The van der Waals surface area contributed by atoms with Crippen molar-refractivity contribution in [1.82, 2.24) is 0 Å². The minimum absolute atomic E-state index is 0.907. The van der Waals surface area contributed by atoms with Gasteiger partial charge in [0.15, 0.2) is 0 Å². The molecule has 0 atom stereocenters. The summed E-state index contributed by atoms with van der Waals surface area (Å²) in [5, 5.41) is 12.4. The minimum atomic E-state index is -0.907. The highest BCUT2D eigenvalue weighted by Crippen LogP contribution is 2.31. The van der Waals surface area contributed by atoms with Gasteiger partial charge in [0.2, 0.25) is 0 Å². The number of carboxylic acids is 1. The third kappa shape index (κ3) is 1.64. The predicted molar refractivity (Wildman–Crippen MR) is 56.4 cm³/mol. The Morgan fingerprint density at radius 1 is 1.46 bits per heavy atom. The fourth-order valence-electron chi connectivity index (χ4n) is 1.06. The molecule has 0 spiro atoms. The first kappa shape index (κ1) is 8.47. The smallest absolute Gasteiger partial charge is 0.328 e. The van der Waals surface area contributed by atoms with Gasteiger partial charge in [-0.25, -0.2) is 4.79 Å². The van der Waals surface area contributed by atoms with Crippen molar-refractivity contribution in [3.05, 3.63) is 28.5 Å². The van der Waals surface area contributed by atoms with Gasteiger partial charge in [-0.15, -0.1) is 22.7 Å². The molecule has 0 fully saturated rings. The molecule has 2 rings (SSSR count). The summed E-state index contributed by atoms with van der Waals surface area (Å²) in [5.74, 6) is -0.907. The molecule has 2 heterocycles. The molecule has 1 N–H and O–H groups in total. The minimum Gasteiger partial charge on any atom is -0.478 e. The Bertz CT molecular complexity index is 465. The molecule has 2 aromatic heterocycles. The second-order valence-corrected chi connectivity index (χ2v) is 4.30. The summed E-state index contributed by atoms with van der Waals surface area (Å²) in [6.07, 6.45) is 2.80. The Balaban J connectivity index is 2.43. The highest BCUT2D eigenvalue weighted by molar-refractivity contribution is 7.26. The number of carbonyl (C=O) groups is 1. The van der Waals surface area contributed by atoms with Crippen LogP contribution < -0.4 is 0 Å². The molecule has 2 aromatic rings. The summed E-state index contributed by atoms with van der Waals surface area (Å²) in [7, 11) is 0. The van der Waals surface area contributed by atoms with Gasteiger partial charge in [-0.2, -0.15) is 0 Å². The Kier molecular flexibility index (Phi) is 2.16. The summed E-state index contributed by atoms with van der Waals surface area (Å²) in [6, 6.07) is 2.04. The van der Waals surface area contributed by atoms with Gasteiger partial charge in [0.25, 0.3) is 0 Å². The zero-order chi connectivity index (χ0) is 9.26. The van der Waals surface area contributed by atoms with Crippen LogP contribution in [0.5, 0.6) is 0 Å². The maximum atomic E-state index is 10.3. The Labute approximate surface area is 82.8 Å². The van der Waals surface area contributed by atoms with Crippen molar-refractivity contribution in [3.8, 4) is 0 Å². The number of fused-ring (bicyclic) bond motifs is 1. The van der Waals surface area contributed by atoms with Crippen LogP contribution in [0.15, 0.2) is 22.9 Å². The third-order valence-corrected chi connectivity index (χ3v) is 3.67. The van der Waals surface area contributed by atoms with Crippen molar-refractivity contribution >= 4 is 44.1 Å². The van der Waals surface area contributed by atoms with Crippen LogP contribution in [0, 0.1) is 0 Å². The Hall–Kier alpha value is -1.13. The van der Waals surface area contributed by atoms with E-state index < -0.39 is 5.97 Å². The van der Waals surface area contributed by atoms with E-state index in [2.05, 4.69) is 0 Å². The molecular formula is C9H6O2S2. The lowest BCUT2D eigenvalue weighted by Crippen LogP contribution is -1.84. The van der Waals surface area contributed by atoms with Crippen molar-refractivity contribution in [2.24, 2.45) is 0 Å². The number of carboxylic acid groups (broad SMARTS) is 1. The van der Waals surface area contributed by atoms with Crippen LogP contribution in [-0.4, -0.2) is 11.1 Å². The van der Waals surface area contributed by atoms with Crippen molar-refractivity contribution in [2.75, 3.05) is 0 Å². The molecule has 4 heteroatoms. The predicted octanol–water partition coefficient (Wildman–Crippen LogP) is 3.06. The normalized spacial score (nSPS) is 11.4. The van der Waals surface area contributed by atoms with E-state index in [0.29, 0.717) is 0 Å². The van der Waals surface area contributed by atoms with Gasteiger partial charge in [-0.3, -0.25) is 0 Å². The van der Waals surface area contributed by atoms with Gasteiger partial charge in [0.1, 0.15) is 0 Å². The molecule has 0 saturated heterocycles. The second kappa shape index (κ2) is 3.32. The van der Waals surface area contributed by atoms with E-state index >= 15 is 0 Å². The van der Waals surface area contributed by atoms with Gasteiger partial charge >= 0.3 is 5.97 Å². The lowest BCUT2D eigenvalue weighted by Gasteiger charge is -1.83. The van der Waals surface area contributed by atoms with Crippen molar-refractivity contribution in [2.45, 2.75) is 0 Å². The molecule has 2 nitrogen and oxygen atoms in total.